The number of nitrogens with one attached hydrogen (secondary N) is 1. The van der Waals surface area contributed by atoms with Crippen LogP contribution in [-0.4, -0.2) is 41.5 Å². The third kappa shape index (κ3) is 6.03. The van der Waals surface area contributed by atoms with Crippen molar-refractivity contribution in [1.82, 2.24) is 15.1 Å². The van der Waals surface area contributed by atoms with Crippen LogP contribution in [0.5, 0.6) is 0 Å². The molecule has 11 heteroatoms. The smallest absolute Gasteiger partial charge is 0.380 e. The molecule has 0 fully saturated rings. The van der Waals surface area contributed by atoms with Crippen LogP contribution in [0.2, 0.25) is 0 Å². The fourth-order valence-corrected chi connectivity index (χ4v) is 4.54. The zero-order chi connectivity index (χ0) is 24.9. The molecule has 3 aromatic rings. The van der Waals surface area contributed by atoms with Crippen molar-refractivity contribution in [2.24, 2.45) is 12.8 Å². The topological polar surface area (TPSA) is 76.2 Å². The van der Waals surface area contributed by atoms with Crippen LogP contribution in [-0.2, 0) is 18.3 Å². The number of amides is 1. The van der Waals surface area contributed by atoms with Gasteiger partial charge in [-0.2, -0.15) is 18.3 Å². The Bertz CT molecular complexity index is 1150. The van der Waals surface area contributed by atoms with Gasteiger partial charge in [-0.25, -0.2) is 4.39 Å². The Labute approximate surface area is 198 Å². The fraction of sp³-hybridized carbons (Fsp3) is 0.304. The maximum atomic E-state index is 14.3. The first-order valence-corrected chi connectivity index (χ1v) is 11.3. The summed E-state index contributed by atoms with van der Waals surface area (Å²) in [6, 6.07) is 6.81. The van der Waals surface area contributed by atoms with E-state index in [1.54, 1.807) is 23.2 Å². The molecule has 1 unspecified atom stereocenters. The van der Waals surface area contributed by atoms with Crippen LogP contribution in [0.1, 0.15) is 16.9 Å². The number of alkyl halides is 3. The predicted molar refractivity (Wildman–Crippen MR) is 126 cm³/mol. The lowest BCUT2D eigenvalue weighted by Crippen LogP contribution is -2.47. The second kappa shape index (κ2) is 10.8. The van der Waals surface area contributed by atoms with Gasteiger partial charge in [0.2, 0.25) is 5.91 Å². The van der Waals surface area contributed by atoms with Crippen LogP contribution in [0.25, 0.3) is 16.5 Å². The minimum atomic E-state index is -4.61. The lowest BCUT2D eigenvalue weighted by Gasteiger charge is -2.27. The van der Waals surface area contributed by atoms with E-state index in [9.17, 15) is 22.4 Å². The summed E-state index contributed by atoms with van der Waals surface area (Å²) in [5, 5.41) is 7.05. The molecule has 3 heterocycles. The van der Waals surface area contributed by atoms with Crippen molar-refractivity contribution in [3.8, 4) is 10.4 Å². The number of nitrogens with two attached hydrogens (primary N) is 1. The molecule has 0 spiro atoms. The normalized spacial score (nSPS) is 16.1. The molecule has 4 rings (SSSR count). The number of hydrogen-bond donors (Lipinski definition) is 2. The number of nitrogens with zero attached hydrogens (tertiary/aromatic N) is 3. The van der Waals surface area contributed by atoms with E-state index in [-0.39, 0.29) is 24.1 Å². The van der Waals surface area contributed by atoms with E-state index in [1.165, 1.54) is 36.6 Å². The first-order chi connectivity index (χ1) is 16.2. The summed E-state index contributed by atoms with van der Waals surface area (Å²) in [6.45, 7) is -1.47. The van der Waals surface area contributed by atoms with Crippen molar-refractivity contribution in [2.45, 2.75) is 25.1 Å². The second-order valence-electron chi connectivity index (χ2n) is 7.47. The number of thiophene rings is 1. The van der Waals surface area contributed by atoms with Gasteiger partial charge in [-0.3, -0.25) is 9.48 Å². The number of carbonyl (C=O) groups is 1. The van der Waals surface area contributed by atoms with Gasteiger partial charge in [0.15, 0.2) is 0 Å². The summed E-state index contributed by atoms with van der Waals surface area (Å²) in [5.41, 5.74) is 5.57. The Morgan fingerprint density at radius 2 is 2.03 bits per heavy atom. The van der Waals surface area contributed by atoms with Crippen molar-refractivity contribution in [3.05, 3.63) is 65.2 Å². The summed E-state index contributed by atoms with van der Waals surface area (Å²) in [5.74, 6) is -1.35. The second-order valence-corrected chi connectivity index (χ2v) is 8.59. The standard InChI is InChI=1S/C22H20F4N4OS.CH5N/c1-29-12-14(11-28-29)20-8-5-15(32-20)9-10-27-18-7-6-16-17(23)3-2-4-19(16)30(21(18)31)13-22(24,25)26;1-2/h2-5,8-12,18,27H,6-7,13H2,1H3;2H2,1H3/b10-9+;. The fourth-order valence-electron chi connectivity index (χ4n) is 3.66. The maximum absolute atomic E-state index is 14.3. The number of carbonyl (C=O) groups excluding carboxylic acids is 1. The number of benzene rings is 1. The molecule has 6 nitrogen and oxygen atoms in total. The SMILES string of the molecule is CN.Cn1cc(-c2ccc(/C=C/NC3CCc4c(F)cccc4N(CC(F)(F)F)C3=O)s2)cn1. The van der Waals surface area contributed by atoms with Gasteiger partial charge < -0.3 is 16.0 Å². The van der Waals surface area contributed by atoms with Gasteiger partial charge in [0, 0.05) is 34.1 Å². The van der Waals surface area contributed by atoms with Gasteiger partial charge in [0.25, 0.3) is 0 Å². The van der Waals surface area contributed by atoms with Gasteiger partial charge in [-0.1, -0.05) is 6.07 Å². The molecule has 0 aliphatic carbocycles. The van der Waals surface area contributed by atoms with Gasteiger partial charge >= 0.3 is 6.18 Å². The number of halogens is 4. The number of aromatic nitrogens is 2. The van der Waals surface area contributed by atoms with Crippen LogP contribution in [0, 0.1) is 5.82 Å². The molecule has 1 aromatic carbocycles. The minimum Gasteiger partial charge on any atom is -0.380 e. The molecule has 34 heavy (non-hydrogen) atoms. The molecule has 2 aromatic heterocycles. The van der Waals surface area contributed by atoms with Crippen LogP contribution in [0.4, 0.5) is 23.2 Å². The summed E-state index contributed by atoms with van der Waals surface area (Å²) in [6.07, 6.45) is 2.68. The number of hydrogen-bond acceptors (Lipinski definition) is 5. The average molecular weight is 496 g/mol. The summed E-state index contributed by atoms with van der Waals surface area (Å²) in [7, 11) is 3.33. The zero-order valence-electron chi connectivity index (χ0n) is 18.6. The van der Waals surface area contributed by atoms with Gasteiger partial charge in [-0.05, 0) is 56.4 Å². The summed E-state index contributed by atoms with van der Waals surface area (Å²) >= 11 is 1.52. The van der Waals surface area contributed by atoms with E-state index in [0.29, 0.717) is 4.90 Å². The Morgan fingerprint density at radius 3 is 2.71 bits per heavy atom. The highest BCUT2D eigenvalue weighted by Gasteiger charge is 2.38. The highest BCUT2D eigenvalue weighted by Crippen LogP contribution is 2.32. The van der Waals surface area contributed by atoms with Crippen molar-refractivity contribution >= 4 is 29.0 Å². The van der Waals surface area contributed by atoms with Gasteiger partial charge in [0.05, 0.1) is 11.9 Å². The van der Waals surface area contributed by atoms with E-state index in [1.807, 2.05) is 25.4 Å². The van der Waals surface area contributed by atoms with Gasteiger partial charge in [-0.15, -0.1) is 11.3 Å². The molecule has 182 valence electrons. The maximum Gasteiger partial charge on any atom is 0.406 e. The first-order valence-electron chi connectivity index (χ1n) is 10.5. The van der Waals surface area contributed by atoms with Crippen LogP contribution >= 0.6 is 11.3 Å². The van der Waals surface area contributed by atoms with E-state index in [2.05, 4.69) is 16.1 Å². The zero-order valence-corrected chi connectivity index (χ0v) is 19.5. The quantitative estimate of drug-likeness (QED) is 0.517. The van der Waals surface area contributed by atoms with E-state index < -0.39 is 30.5 Å². The third-order valence-electron chi connectivity index (χ3n) is 5.13. The van der Waals surface area contributed by atoms with Crippen LogP contribution in [0.3, 0.4) is 0 Å². The average Bonchev–Trinajstić information content (AvgIpc) is 3.41. The van der Waals surface area contributed by atoms with Crippen LogP contribution < -0.4 is 16.0 Å². The first kappa shape index (κ1) is 25.4. The largest absolute Gasteiger partial charge is 0.406 e. The Kier molecular flexibility index (Phi) is 8.11. The lowest BCUT2D eigenvalue weighted by atomic mass is 10.1. The molecule has 0 saturated carbocycles. The van der Waals surface area contributed by atoms with Crippen LogP contribution in [0.15, 0.2) is 48.9 Å². The van der Waals surface area contributed by atoms with Gasteiger partial charge in [0.1, 0.15) is 18.4 Å². The number of rotatable bonds is 5. The Hall–Kier alpha value is -3.18. The number of fused-ring (bicyclic) bond motifs is 1. The van der Waals surface area contributed by atoms with Crippen molar-refractivity contribution in [2.75, 3.05) is 18.5 Å². The third-order valence-corrected chi connectivity index (χ3v) is 6.23. The lowest BCUT2D eigenvalue weighted by molar-refractivity contribution is -0.133. The number of aryl methyl sites for hydroxylation is 1. The Balaban J connectivity index is 0.00000158. The molecular formula is C23H25F4N5OS. The Morgan fingerprint density at radius 1 is 1.26 bits per heavy atom. The summed E-state index contributed by atoms with van der Waals surface area (Å²) < 4.78 is 55.5. The molecule has 1 atom stereocenters. The molecule has 0 radical (unpaired) electrons. The molecule has 0 bridgehead atoms. The molecule has 0 saturated heterocycles. The molecule has 1 aliphatic rings. The van der Waals surface area contributed by atoms with Crippen molar-refractivity contribution in [1.29, 1.82) is 0 Å². The van der Waals surface area contributed by atoms with E-state index >= 15 is 0 Å². The highest BCUT2D eigenvalue weighted by molar-refractivity contribution is 7.16. The molecule has 1 amide bonds. The molecular weight excluding hydrogens is 470 g/mol. The van der Waals surface area contributed by atoms with E-state index in [4.69, 9.17) is 0 Å². The molecule has 1 aliphatic heterocycles. The number of anilines is 1. The predicted octanol–water partition coefficient (Wildman–Crippen LogP) is 4.33. The highest BCUT2D eigenvalue weighted by atomic mass is 32.1. The molecule has 3 N–H and O–H groups in total. The van der Waals surface area contributed by atoms with Crippen molar-refractivity contribution < 1.29 is 22.4 Å². The van der Waals surface area contributed by atoms with E-state index in [0.717, 1.165) is 15.3 Å². The monoisotopic (exact) mass is 495 g/mol. The summed E-state index contributed by atoms with van der Waals surface area (Å²) in [4.78, 5) is 15.5. The minimum absolute atomic E-state index is 0.0278. The van der Waals surface area contributed by atoms with Crippen molar-refractivity contribution in [3.63, 3.8) is 0 Å².